The van der Waals surface area contributed by atoms with Gasteiger partial charge in [-0.2, -0.15) is 0 Å². The van der Waals surface area contributed by atoms with Gasteiger partial charge in [0.25, 0.3) is 0 Å². The summed E-state index contributed by atoms with van der Waals surface area (Å²) in [7, 11) is 0. The molecule has 2 aliphatic heterocycles. The molecule has 0 aromatic heterocycles. The fourth-order valence-electron chi connectivity index (χ4n) is 3.46. The summed E-state index contributed by atoms with van der Waals surface area (Å²) in [6.07, 6.45) is 1.16. The molecule has 1 amide bonds. The first-order valence-electron chi connectivity index (χ1n) is 7.84. The monoisotopic (exact) mass is 288 g/mol. The Hall–Kier alpha value is -1.39. The minimum atomic E-state index is -0.0926. The maximum Gasteiger partial charge on any atom is 0.244 e. The molecule has 3 rings (SSSR count). The number of anilines is 1. The molecule has 1 fully saturated rings. The molecule has 3 atom stereocenters. The molecule has 0 unspecified atom stereocenters. The van der Waals surface area contributed by atoms with Crippen LogP contribution in [-0.2, 0) is 16.0 Å². The summed E-state index contributed by atoms with van der Waals surface area (Å²) in [5, 5.41) is 0. The number of carbonyl (C=O) groups is 1. The first-order chi connectivity index (χ1) is 10.1. The van der Waals surface area contributed by atoms with Gasteiger partial charge in [0, 0.05) is 24.8 Å². The number of ether oxygens (including phenoxy) is 1. The molecule has 2 heterocycles. The zero-order valence-corrected chi connectivity index (χ0v) is 13.1. The maximum absolute atomic E-state index is 13.0. The van der Waals surface area contributed by atoms with Crippen molar-refractivity contribution in [1.82, 2.24) is 4.90 Å². The van der Waals surface area contributed by atoms with Gasteiger partial charge >= 0.3 is 0 Å². The van der Waals surface area contributed by atoms with E-state index in [-0.39, 0.29) is 24.1 Å². The molecule has 1 aromatic carbocycles. The Morgan fingerprint density at radius 3 is 2.86 bits per heavy atom. The van der Waals surface area contributed by atoms with Crippen LogP contribution in [0.15, 0.2) is 24.3 Å². The zero-order chi connectivity index (χ0) is 15.0. The van der Waals surface area contributed by atoms with Crippen molar-refractivity contribution in [2.24, 2.45) is 0 Å². The molecule has 0 bridgehead atoms. The number of hydrogen-bond acceptors (Lipinski definition) is 3. The fourth-order valence-corrected chi connectivity index (χ4v) is 3.46. The lowest BCUT2D eigenvalue weighted by atomic mass is 10.1. The smallest absolute Gasteiger partial charge is 0.244 e. The van der Waals surface area contributed by atoms with Gasteiger partial charge in [-0.3, -0.25) is 9.69 Å². The highest BCUT2D eigenvalue weighted by Crippen LogP contribution is 2.32. The van der Waals surface area contributed by atoms with Gasteiger partial charge in [-0.1, -0.05) is 18.2 Å². The summed E-state index contributed by atoms with van der Waals surface area (Å²) in [6, 6.07) is 8.40. The molecular weight excluding hydrogens is 264 g/mol. The summed E-state index contributed by atoms with van der Waals surface area (Å²) >= 11 is 0. The molecular formula is C17H24N2O2. The summed E-state index contributed by atoms with van der Waals surface area (Å²) in [5.74, 6) is 0.210. The van der Waals surface area contributed by atoms with Crippen molar-refractivity contribution >= 4 is 11.6 Å². The number of amides is 1. The molecule has 0 saturated carbocycles. The Bertz CT molecular complexity index is 531. The molecule has 21 heavy (non-hydrogen) atoms. The average Bonchev–Trinajstić information content (AvgIpc) is 2.81. The fraction of sp³-hybridized carbons (Fsp3) is 0.588. The number of hydrogen-bond donors (Lipinski definition) is 0. The van der Waals surface area contributed by atoms with E-state index >= 15 is 0 Å². The van der Waals surface area contributed by atoms with E-state index in [4.69, 9.17) is 4.74 Å². The van der Waals surface area contributed by atoms with E-state index in [0.29, 0.717) is 6.61 Å². The van der Waals surface area contributed by atoms with E-state index in [1.807, 2.05) is 24.0 Å². The van der Waals surface area contributed by atoms with E-state index in [0.717, 1.165) is 25.2 Å². The van der Waals surface area contributed by atoms with Crippen LogP contribution < -0.4 is 4.90 Å². The van der Waals surface area contributed by atoms with E-state index in [2.05, 4.69) is 30.9 Å². The topological polar surface area (TPSA) is 32.8 Å². The number of morpholine rings is 1. The summed E-state index contributed by atoms with van der Waals surface area (Å²) in [5.41, 5.74) is 2.36. The second-order valence-electron chi connectivity index (χ2n) is 6.24. The molecule has 4 heteroatoms. The van der Waals surface area contributed by atoms with Gasteiger partial charge in [0.1, 0.15) is 0 Å². The maximum atomic E-state index is 13.0. The van der Waals surface area contributed by atoms with Gasteiger partial charge < -0.3 is 9.64 Å². The van der Waals surface area contributed by atoms with E-state index < -0.39 is 0 Å². The highest BCUT2D eigenvalue weighted by Gasteiger charge is 2.35. The van der Waals surface area contributed by atoms with Crippen LogP contribution in [0.3, 0.4) is 0 Å². The third-order valence-electron chi connectivity index (χ3n) is 4.62. The number of rotatable bonds is 2. The van der Waals surface area contributed by atoms with Crippen LogP contribution in [-0.4, -0.2) is 48.7 Å². The van der Waals surface area contributed by atoms with Crippen molar-refractivity contribution in [2.45, 2.75) is 45.4 Å². The second kappa shape index (κ2) is 5.78. The lowest BCUT2D eigenvalue weighted by molar-refractivity contribution is -0.126. The second-order valence-corrected chi connectivity index (χ2v) is 6.24. The number of benzene rings is 1. The molecule has 4 nitrogen and oxygen atoms in total. The third kappa shape index (κ3) is 2.70. The quantitative estimate of drug-likeness (QED) is 0.835. The molecule has 1 aromatic rings. The van der Waals surface area contributed by atoms with E-state index in [1.54, 1.807) is 0 Å². The van der Waals surface area contributed by atoms with E-state index in [1.165, 1.54) is 5.56 Å². The molecule has 2 aliphatic rings. The van der Waals surface area contributed by atoms with Crippen molar-refractivity contribution in [3.8, 4) is 0 Å². The molecule has 0 spiro atoms. The van der Waals surface area contributed by atoms with Gasteiger partial charge in [0.05, 0.1) is 18.8 Å². The van der Waals surface area contributed by atoms with Crippen LogP contribution in [0, 0.1) is 0 Å². The van der Waals surface area contributed by atoms with E-state index in [9.17, 15) is 4.79 Å². The Kier molecular flexibility index (Phi) is 4.00. The Labute approximate surface area is 126 Å². The Morgan fingerprint density at radius 1 is 1.33 bits per heavy atom. The number of para-hydroxylation sites is 1. The van der Waals surface area contributed by atoms with Crippen molar-refractivity contribution < 1.29 is 9.53 Å². The zero-order valence-electron chi connectivity index (χ0n) is 13.1. The number of fused-ring (bicyclic) bond motifs is 1. The van der Waals surface area contributed by atoms with Crippen LogP contribution in [0.1, 0.15) is 26.3 Å². The largest absolute Gasteiger partial charge is 0.376 e. The first-order valence-corrected chi connectivity index (χ1v) is 7.84. The van der Waals surface area contributed by atoms with Crippen LogP contribution in [0.5, 0.6) is 0 Å². The highest BCUT2D eigenvalue weighted by molar-refractivity contribution is 5.99. The third-order valence-corrected chi connectivity index (χ3v) is 4.62. The minimum absolute atomic E-state index is 0.0926. The summed E-state index contributed by atoms with van der Waals surface area (Å²) in [6.45, 7) is 8.60. The van der Waals surface area contributed by atoms with Gasteiger partial charge in [0.15, 0.2) is 0 Å². The van der Waals surface area contributed by atoms with Crippen molar-refractivity contribution in [2.75, 3.05) is 24.6 Å². The SMILES string of the molecule is C[C@@H]1CN([C@H](C)C(=O)N2c3ccccc3C[C@@H]2C)CCO1. The minimum Gasteiger partial charge on any atom is -0.376 e. The normalized spacial score (nSPS) is 27.5. The number of carbonyl (C=O) groups excluding carboxylic acids is 1. The summed E-state index contributed by atoms with van der Waals surface area (Å²) in [4.78, 5) is 17.2. The standard InChI is InChI=1S/C17H24N2O2/c1-12-10-15-6-4-5-7-16(15)19(12)17(20)14(3)18-8-9-21-13(2)11-18/h4-7,12-14H,8-11H2,1-3H3/t12-,13+,14+/m0/s1. The lowest BCUT2D eigenvalue weighted by Gasteiger charge is -2.37. The Morgan fingerprint density at radius 2 is 2.10 bits per heavy atom. The van der Waals surface area contributed by atoms with Gasteiger partial charge in [-0.25, -0.2) is 0 Å². The van der Waals surface area contributed by atoms with Gasteiger partial charge in [-0.05, 0) is 38.8 Å². The molecule has 0 aliphatic carbocycles. The number of nitrogens with zero attached hydrogens (tertiary/aromatic N) is 2. The van der Waals surface area contributed by atoms with Crippen LogP contribution in [0.4, 0.5) is 5.69 Å². The van der Waals surface area contributed by atoms with Crippen LogP contribution in [0.2, 0.25) is 0 Å². The van der Waals surface area contributed by atoms with Crippen molar-refractivity contribution in [1.29, 1.82) is 0 Å². The predicted octanol–water partition coefficient (Wildman–Crippen LogP) is 2.07. The lowest BCUT2D eigenvalue weighted by Crippen LogP contribution is -2.53. The van der Waals surface area contributed by atoms with Gasteiger partial charge in [0.2, 0.25) is 5.91 Å². The van der Waals surface area contributed by atoms with Gasteiger partial charge in [-0.15, -0.1) is 0 Å². The van der Waals surface area contributed by atoms with Crippen molar-refractivity contribution in [3.63, 3.8) is 0 Å². The predicted molar refractivity (Wildman–Crippen MR) is 83.5 cm³/mol. The Balaban J connectivity index is 1.78. The molecule has 114 valence electrons. The molecule has 0 radical (unpaired) electrons. The summed E-state index contributed by atoms with van der Waals surface area (Å²) < 4.78 is 5.57. The molecule has 0 N–H and O–H groups in total. The average molecular weight is 288 g/mol. The first kappa shape index (κ1) is 14.5. The van der Waals surface area contributed by atoms with Crippen molar-refractivity contribution in [3.05, 3.63) is 29.8 Å². The molecule has 1 saturated heterocycles. The van der Waals surface area contributed by atoms with Crippen LogP contribution in [0.25, 0.3) is 0 Å². The van der Waals surface area contributed by atoms with Crippen LogP contribution >= 0.6 is 0 Å². The highest BCUT2D eigenvalue weighted by atomic mass is 16.5.